The second-order valence-corrected chi connectivity index (χ2v) is 4.71. The molecule has 0 aliphatic carbocycles. The highest BCUT2D eigenvalue weighted by Gasteiger charge is 1.94. The second kappa shape index (κ2) is 6.27. The average Bonchev–Trinajstić information content (AvgIpc) is 2.21. The summed E-state index contributed by atoms with van der Waals surface area (Å²) >= 11 is 12.4. The third-order valence-corrected chi connectivity index (χ3v) is 3.19. The van der Waals surface area contributed by atoms with Crippen LogP contribution in [0.25, 0.3) is 0 Å². The number of nitrogens with one attached hydrogen (secondary N) is 1. The third kappa shape index (κ3) is 4.31. The molecule has 0 spiro atoms. The molecule has 0 saturated heterocycles. The first-order chi connectivity index (χ1) is 6.72. The van der Waals surface area contributed by atoms with Crippen molar-refractivity contribution in [3.05, 3.63) is 34.9 Å². The van der Waals surface area contributed by atoms with Crippen LogP contribution in [0.2, 0.25) is 5.02 Å². The Labute approximate surface area is 99.2 Å². The van der Waals surface area contributed by atoms with Crippen LogP contribution in [0.1, 0.15) is 5.56 Å². The van der Waals surface area contributed by atoms with Gasteiger partial charge < -0.3 is 5.32 Å². The maximum atomic E-state index is 5.78. The summed E-state index contributed by atoms with van der Waals surface area (Å²) in [6, 6.07) is 7.88. The molecule has 0 saturated carbocycles. The molecular formula is C10H12ClNS2. The van der Waals surface area contributed by atoms with Crippen LogP contribution < -0.4 is 5.32 Å². The van der Waals surface area contributed by atoms with E-state index >= 15 is 0 Å². The molecular weight excluding hydrogens is 234 g/mol. The molecule has 76 valence electrons. The van der Waals surface area contributed by atoms with Crippen molar-refractivity contribution in [2.24, 2.45) is 0 Å². The van der Waals surface area contributed by atoms with Gasteiger partial charge in [0.2, 0.25) is 0 Å². The zero-order valence-corrected chi connectivity index (χ0v) is 10.3. The molecule has 1 nitrogen and oxygen atoms in total. The van der Waals surface area contributed by atoms with Gasteiger partial charge in [0.15, 0.2) is 0 Å². The normalized spacial score (nSPS) is 9.86. The van der Waals surface area contributed by atoms with Crippen molar-refractivity contribution in [3.8, 4) is 0 Å². The Morgan fingerprint density at radius 3 is 2.64 bits per heavy atom. The molecule has 0 aliphatic rings. The van der Waals surface area contributed by atoms with E-state index in [9.17, 15) is 0 Å². The fraction of sp³-hybridized carbons (Fsp3) is 0.300. The van der Waals surface area contributed by atoms with Crippen LogP contribution in [0.3, 0.4) is 0 Å². The highest BCUT2D eigenvalue weighted by atomic mass is 35.5. The first-order valence-electron chi connectivity index (χ1n) is 4.28. The van der Waals surface area contributed by atoms with E-state index in [1.54, 1.807) is 11.8 Å². The van der Waals surface area contributed by atoms with Gasteiger partial charge in [-0.3, -0.25) is 0 Å². The van der Waals surface area contributed by atoms with Gasteiger partial charge in [0, 0.05) is 11.6 Å². The van der Waals surface area contributed by atoms with E-state index in [0.717, 1.165) is 22.3 Å². The number of benzene rings is 1. The van der Waals surface area contributed by atoms with E-state index in [0.29, 0.717) is 0 Å². The molecule has 1 N–H and O–H groups in total. The van der Waals surface area contributed by atoms with Crippen molar-refractivity contribution < 1.29 is 0 Å². The van der Waals surface area contributed by atoms with Crippen LogP contribution in [0.4, 0.5) is 0 Å². The van der Waals surface area contributed by atoms with Gasteiger partial charge in [-0.1, -0.05) is 36.0 Å². The quantitative estimate of drug-likeness (QED) is 0.822. The molecule has 14 heavy (non-hydrogen) atoms. The number of rotatable bonds is 3. The van der Waals surface area contributed by atoms with Crippen LogP contribution >= 0.6 is 35.6 Å². The van der Waals surface area contributed by atoms with Gasteiger partial charge in [-0.05, 0) is 30.4 Å². The fourth-order valence-corrected chi connectivity index (χ4v) is 1.51. The topological polar surface area (TPSA) is 12.0 Å². The average molecular weight is 246 g/mol. The molecule has 0 atom stereocenters. The van der Waals surface area contributed by atoms with E-state index < -0.39 is 0 Å². The molecule has 0 fully saturated rings. The van der Waals surface area contributed by atoms with Crippen LogP contribution in [0, 0.1) is 0 Å². The summed E-state index contributed by atoms with van der Waals surface area (Å²) in [6.07, 6.45) is 2.94. The molecule has 0 radical (unpaired) electrons. The minimum atomic E-state index is 0.779. The lowest BCUT2D eigenvalue weighted by Crippen LogP contribution is -2.20. The predicted octanol–water partition coefficient (Wildman–Crippen LogP) is 3.12. The molecule has 0 amide bonds. The zero-order valence-electron chi connectivity index (χ0n) is 7.92. The van der Waals surface area contributed by atoms with Crippen LogP contribution in [-0.2, 0) is 6.42 Å². The summed E-state index contributed by atoms with van der Waals surface area (Å²) in [7, 11) is 0. The summed E-state index contributed by atoms with van der Waals surface area (Å²) in [5.41, 5.74) is 1.27. The lowest BCUT2D eigenvalue weighted by molar-refractivity contribution is 0.883. The lowest BCUT2D eigenvalue weighted by atomic mass is 10.1. The first kappa shape index (κ1) is 11.8. The summed E-state index contributed by atoms with van der Waals surface area (Å²) in [5.74, 6) is 0. The number of hydrogen-bond acceptors (Lipinski definition) is 2. The van der Waals surface area contributed by atoms with Gasteiger partial charge >= 0.3 is 0 Å². The van der Waals surface area contributed by atoms with Crippen molar-refractivity contribution in [1.82, 2.24) is 5.32 Å². The van der Waals surface area contributed by atoms with E-state index in [4.69, 9.17) is 23.8 Å². The molecule has 1 aromatic carbocycles. The van der Waals surface area contributed by atoms with E-state index in [-0.39, 0.29) is 0 Å². The lowest BCUT2D eigenvalue weighted by Gasteiger charge is -2.05. The van der Waals surface area contributed by atoms with Gasteiger partial charge in [0.05, 0.1) is 0 Å². The number of thiocarbonyl (C=S) groups is 1. The Balaban J connectivity index is 2.31. The zero-order chi connectivity index (χ0) is 10.4. The molecule has 0 bridgehead atoms. The SMILES string of the molecule is CSC(=S)NCCc1ccc(Cl)cc1. The summed E-state index contributed by atoms with van der Waals surface area (Å²) in [4.78, 5) is 0. The third-order valence-electron chi connectivity index (χ3n) is 1.78. The Morgan fingerprint density at radius 1 is 1.43 bits per heavy atom. The predicted molar refractivity (Wildman–Crippen MR) is 69.3 cm³/mol. The fourth-order valence-electron chi connectivity index (χ4n) is 1.03. The van der Waals surface area contributed by atoms with Crippen molar-refractivity contribution in [1.29, 1.82) is 0 Å². The standard InChI is InChI=1S/C10H12ClNS2/c1-14-10(13)12-7-6-8-2-4-9(11)5-3-8/h2-5H,6-7H2,1H3,(H,12,13). The van der Waals surface area contributed by atoms with Crippen molar-refractivity contribution in [2.45, 2.75) is 6.42 Å². The Bertz CT molecular complexity index is 297. The minimum absolute atomic E-state index is 0.779. The highest BCUT2D eigenvalue weighted by Crippen LogP contribution is 2.09. The first-order valence-corrected chi connectivity index (χ1v) is 6.29. The van der Waals surface area contributed by atoms with E-state index in [2.05, 4.69) is 5.32 Å². The van der Waals surface area contributed by atoms with Gasteiger partial charge in [-0.25, -0.2) is 0 Å². The van der Waals surface area contributed by atoms with Crippen LogP contribution in [-0.4, -0.2) is 17.1 Å². The number of hydrogen-bond donors (Lipinski definition) is 1. The Morgan fingerprint density at radius 2 is 2.07 bits per heavy atom. The van der Waals surface area contributed by atoms with Gasteiger partial charge in [-0.2, -0.15) is 0 Å². The van der Waals surface area contributed by atoms with Gasteiger partial charge in [0.1, 0.15) is 4.32 Å². The smallest absolute Gasteiger partial charge is 0.133 e. The molecule has 0 unspecified atom stereocenters. The Kier molecular flexibility index (Phi) is 5.30. The molecule has 1 aromatic rings. The molecule has 0 aromatic heterocycles. The monoisotopic (exact) mass is 245 g/mol. The van der Waals surface area contributed by atoms with E-state index in [1.165, 1.54) is 5.56 Å². The number of thioether (sulfide) groups is 1. The van der Waals surface area contributed by atoms with Crippen molar-refractivity contribution in [2.75, 3.05) is 12.8 Å². The van der Waals surface area contributed by atoms with E-state index in [1.807, 2.05) is 30.5 Å². The molecule has 0 aliphatic heterocycles. The van der Waals surface area contributed by atoms with Gasteiger partial charge in [-0.15, -0.1) is 11.8 Å². The largest absolute Gasteiger partial charge is 0.371 e. The maximum Gasteiger partial charge on any atom is 0.133 e. The summed E-state index contributed by atoms with van der Waals surface area (Å²) in [6.45, 7) is 0.876. The number of halogens is 1. The van der Waals surface area contributed by atoms with Crippen molar-refractivity contribution in [3.63, 3.8) is 0 Å². The van der Waals surface area contributed by atoms with Crippen LogP contribution in [0.5, 0.6) is 0 Å². The van der Waals surface area contributed by atoms with Crippen LogP contribution in [0.15, 0.2) is 24.3 Å². The maximum absolute atomic E-state index is 5.78. The molecule has 4 heteroatoms. The van der Waals surface area contributed by atoms with Gasteiger partial charge in [0.25, 0.3) is 0 Å². The summed E-state index contributed by atoms with van der Waals surface area (Å²) in [5, 5.41) is 3.94. The molecule has 0 heterocycles. The van der Waals surface area contributed by atoms with Crippen molar-refractivity contribution >= 4 is 39.9 Å². The highest BCUT2D eigenvalue weighted by molar-refractivity contribution is 8.22. The second-order valence-electron chi connectivity index (χ2n) is 2.79. The molecule has 1 rings (SSSR count). The Hall–Kier alpha value is -0.250. The minimum Gasteiger partial charge on any atom is -0.371 e. The summed E-state index contributed by atoms with van der Waals surface area (Å²) < 4.78 is 0.846.